The van der Waals surface area contributed by atoms with Gasteiger partial charge in [0.1, 0.15) is 6.54 Å². The normalized spacial score (nSPS) is 17.0. The molecule has 8 heteroatoms. The van der Waals surface area contributed by atoms with Gasteiger partial charge in [0, 0.05) is 23.9 Å². The van der Waals surface area contributed by atoms with Gasteiger partial charge in [-0.15, -0.1) is 22.7 Å². The maximum Gasteiger partial charge on any atom is 0.318 e. The summed E-state index contributed by atoms with van der Waals surface area (Å²) in [4.78, 5) is 28.8. The molecule has 0 saturated carbocycles. The molecule has 0 saturated heterocycles. The smallest absolute Gasteiger partial charge is 0.318 e. The molecule has 0 radical (unpaired) electrons. The van der Waals surface area contributed by atoms with E-state index in [4.69, 9.17) is 0 Å². The van der Waals surface area contributed by atoms with Gasteiger partial charge < -0.3 is 10.2 Å². The molecule has 1 aliphatic heterocycles. The number of hydrogen-bond donors (Lipinski definition) is 1. The van der Waals surface area contributed by atoms with Gasteiger partial charge in [0.25, 0.3) is 5.91 Å². The third-order valence-corrected chi connectivity index (χ3v) is 5.94. The number of hydrazone groups is 1. The number of carbonyl (C=O) groups is 2. The molecule has 0 aliphatic carbocycles. The van der Waals surface area contributed by atoms with E-state index in [0.717, 1.165) is 15.5 Å². The second kappa shape index (κ2) is 7.82. The van der Waals surface area contributed by atoms with Gasteiger partial charge in [-0.25, -0.2) is 9.80 Å². The molecule has 0 fully saturated rings. The van der Waals surface area contributed by atoms with Gasteiger partial charge >= 0.3 is 6.03 Å². The summed E-state index contributed by atoms with van der Waals surface area (Å²) >= 11 is 3.24. The summed E-state index contributed by atoms with van der Waals surface area (Å²) in [5.41, 5.74) is 0.560. The molecular weight excluding hydrogens is 380 g/mol. The topological polar surface area (TPSA) is 65.0 Å². The fourth-order valence-corrected chi connectivity index (χ4v) is 4.33. The van der Waals surface area contributed by atoms with Crippen LogP contribution in [0.1, 0.15) is 43.0 Å². The molecule has 3 amide bonds. The average Bonchev–Trinajstić information content (AvgIpc) is 3.32. The van der Waals surface area contributed by atoms with Gasteiger partial charge in [0.15, 0.2) is 0 Å². The maximum atomic E-state index is 13.0. The Morgan fingerprint density at radius 1 is 1.26 bits per heavy atom. The average molecular weight is 405 g/mol. The summed E-state index contributed by atoms with van der Waals surface area (Å²) < 4.78 is 0. The molecule has 1 atom stereocenters. The van der Waals surface area contributed by atoms with Gasteiger partial charge in [0.05, 0.1) is 16.6 Å². The van der Waals surface area contributed by atoms with Crippen LogP contribution in [-0.4, -0.2) is 46.7 Å². The molecule has 0 unspecified atom stereocenters. The molecule has 1 aliphatic rings. The zero-order valence-corrected chi connectivity index (χ0v) is 17.6. The van der Waals surface area contributed by atoms with Crippen molar-refractivity contribution in [3.8, 4) is 0 Å². The Hall–Kier alpha value is -2.19. The van der Waals surface area contributed by atoms with Crippen LogP contribution in [0.2, 0.25) is 0 Å². The zero-order valence-electron chi connectivity index (χ0n) is 15.9. The first-order chi connectivity index (χ1) is 12.7. The Bertz CT molecular complexity index is 823. The minimum Gasteiger partial charge on any atom is -0.333 e. The van der Waals surface area contributed by atoms with Crippen LogP contribution in [0.3, 0.4) is 0 Å². The van der Waals surface area contributed by atoms with Crippen LogP contribution in [0.15, 0.2) is 40.1 Å². The Labute approximate surface area is 167 Å². The lowest BCUT2D eigenvalue weighted by Gasteiger charge is -2.27. The van der Waals surface area contributed by atoms with Gasteiger partial charge in [-0.2, -0.15) is 5.10 Å². The van der Waals surface area contributed by atoms with Crippen molar-refractivity contribution >= 4 is 40.3 Å². The molecule has 144 valence electrons. The number of rotatable bonds is 4. The van der Waals surface area contributed by atoms with Crippen molar-refractivity contribution in [1.29, 1.82) is 0 Å². The Morgan fingerprint density at radius 2 is 1.96 bits per heavy atom. The van der Waals surface area contributed by atoms with Gasteiger partial charge in [-0.1, -0.05) is 12.1 Å². The van der Waals surface area contributed by atoms with Crippen LogP contribution < -0.4 is 5.32 Å². The Balaban J connectivity index is 1.76. The van der Waals surface area contributed by atoms with E-state index in [1.807, 2.05) is 55.8 Å². The van der Waals surface area contributed by atoms with E-state index >= 15 is 0 Å². The van der Waals surface area contributed by atoms with Crippen LogP contribution in [0, 0.1) is 0 Å². The van der Waals surface area contributed by atoms with E-state index in [2.05, 4.69) is 10.4 Å². The molecule has 1 N–H and O–H groups in total. The van der Waals surface area contributed by atoms with E-state index < -0.39 is 0 Å². The minimum atomic E-state index is -0.355. The van der Waals surface area contributed by atoms with Crippen LogP contribution in [0.5, 0.6) is 0 Å². The standard InChI is InChI=1S/C19H24N4O2S2/c1-19(2,3)20-18(25)22(4)12-17(24)23-14(16-8-6-10-27-16)11-13(21-23)15-7-5-9-26-15/h5-10,14H,11-12H2,1-4H3,(H,20,25)/t14-/m1/s1. The molecule has 6 nitrogen and oxygen atoms in total. The monoisotopic (exact) mass is 404 g/mol. The van der Waals surface area contributed by atoms with Crippen molar-refractivity contribution in [1.82, 2.24) is 15.2 Å². The van der Waals surface area contributed by atoms with E-state index in [1.54, 1.807) is 34.7 Å². The second-order valence-corrected chi connectivity index (χ2v) is 9.46. The van der Waals surface area contributed by atoms with E-state index in [1.165, 1.54) is 4.90 Å². The number of likely N-dealkylation sites (N-methyl/N-ethyl adjacent to an activating group) is 1. The molecule has 3 heterocycles. The lowest BCUT2D eigenvalue weighted by atomic mass is 10.1. The van der Waals surface area contributed by atoms with Crippen molar-refractivity contribution < 1.29 is 9.59 Å². The number of carbonyl (C=O) groups excluding carboxylic acids is 2. The number of amides is 3. The van der Waals surface area contributed by atoms with Crippen molar-refractivity contribution in [3.05, 3.63) is 44.8 Å². The first-order valence-corrected chi connectivity index (χ1v) is 10.5. The number of hydrogen-bond acceptors (Lipinski definition) is 5. The van der Waals surface area contributed by atoms with Crippen LogP contribution >= 0.6 is 22.7 Å². The molecule has 0 aromatic carbocycles. The van der Waals surface area contributed by atoms with Crippen molar-refractivity contribution in [2.24, 2.45) is 5.10 Å². The van der Waals surface area contributed by atoms with E-state index in [-0.39, 0.29) is 30.1 Å². The molecule has 2 aromatic heterocycles. The highest BCUT2D eigenvalue weighted by atomic mass is 32.1. The first kappa shape index (κ1) is 19.6. The predicted octanol–water partition coefficient (Wildman–Crippen LogP) is 3.93. The lowest BCUT2D eigenvalue weighted by molar-refractivity contribution is -0.133. The number of nitrogens with one attached hydrogen (secondary N) is 1. The van der Waals surface area contributed by atoms with E-state index in [9.17, 15) is 9.59 Å². The highest BCUT2D eigenvalue weighted by Gasteiger charge is 2.34. The maximum absolute atomic E-state index is 13.0. The van der Waals surface area contributed by atoms with Crippen molar-refractivity contribution in [2.45, 2.75) is 38.8 Å². The van der Waals surface area contributed by atoms with Crippen molar-refractivity contribution in [3.63, 3.8) is 0 Å². The lowest BCUT2D eigenvalue weighted by Crippen LogP contribution is -2.49. The molecule has 0 spiro atoms. The van der Waals surface area contributed by atoms with Crippen LogP contribution in [0.25, 0.3) is 0 Å². The first-order valence-electron chi connectivity index (χ1n) is 8.75. The summed E-state index contributed by atoms with van der Waals surface area (Å²) in [6, 6.07) is 7.62. The Kier molecular flexibility index (Phi) is 5.67. The summed E-state index contributed by atoms with van der Waals surface area (Å²) in [6.45, 7) is 5.70. The van der Waals surface area contributed by atoms with Crippen molar-refractivity contribution in [2.75, 3.05) is 13.6 Å². The molecular formula is C19H24N4O2S2. The quantitative estimate of drug-likeness (QED) is 0.839. The summed E-state index contributed by atoms with van der Waals surface area (Å²) in [6.07, 6.45) is 0.685. The molecule has 0 bridgehead atoms. The zero-order chi connectivity index (χ0) is 19.6. The number of urea groups is 1. The van der Waals surface area contributed by atoms with Gasteiger partial charge in [0.2, 0.25) is 0 Å². The third-order valence-electron chi connectivity index (χ3n) is 4.04. The largest absolute Gasteiger partial charge is 0.333 e. The van der Waals surface area contributed by atoms with Crippen LogP contribution in [-0.2, 0) is 4.79 Å². The second-order valence-electron chi connectivity index (χ2n) is 7.53. The molecule has 2 aromatic rings. The van der Waals surface area contributed by atoms with Gasteiger partial charge in [-0.3, -0.25) is 4.79 Å². The minimum absolute atomic E-state index is 0.0228. The van der Waals surface area contributed by atoms with Crippen LogP contribution in [0.4, 0.5) is 4.79 Å². The fourth-order valence-electron chi connectivity index (χ4n) is 2.80. The molecule has 27 heavy (non-hydrogen) atoms. The van der Waals surface area contributed by atoms with Gasteiger partial charge in [-0.05, 0) is 43.7 Å². The number of nitrogens with zero attached hydrogens (tertiary/aromatic N) is 3. The summed E-state index contributed by atoms with van der Waals surface area (Å²) in [7, 11) is 1.62. The highest BCUT2D eigenvalue weighted by molar-refractivity contribution is 7.12. The Morgan fingerprint density at radius 3 is 2.56 bits per heavy atom. The van der Waals surface area contributed by atoms with E-state index in [0.29, 0.717) is 6.42 Å². The summed E-state index contributed by atoms with van der Waals surface area (Å²) in [5.74, 6) is -0.188. The third kappa shape index (κ3) is 4.75. The SMILES string of the molecule is CN(CC(=O)N1N=C(c2cccs2)C[C@@H]1c1cccs1)C(=O)NC(C)(C)C. The fraction of sp³-hybridized carbons (Fsp3) is 0.421. The highest BCUT2D eigenvalue weighted by Crippen LogP contribution is 2.35. The molecule has 3 rings (SSSR count). The predicted molar refractivity (Wildman–Crippen MR) is 110 cm³/mol. The number of thiophene rings is 2. The summed E-state index contributed by atoms with van der Waals surface area (Å²) in [5, 5.41) is 13.0.